The van der Waals surface area contributed by atoms with Crippen molar-refractivity contribution >= 4 is 9.84 Å². The first-order valence-electron chi connectivity index (χ1n) is 2.96. The van der Waals surface area contributed by atoms with E-state index in [4.69, 9.17) is 0 Å². The molecule has 0 aromatic rings. The maximum Gasteiger partial charge on any atom is 0.162 e. The summed E-state index contributed by atoms with van der Waals surface area (Å²) in [6.07, 6.45) is 3.47. The zero-order chi connectivity index (χ0) is 7.07. The van der Waals surface area contributed by atoms with Crippen LogP contribution in [0.4, 0.5) is 0 Å². The number of rotatable bonds is 0. The minimum atomic E-state index is -2.81. The molecule has 0 saturated carbocycles. The van der Waals surface area contributed by atoms with Crippen molar-refractivity contribution in [2.24, 2.45) is 0 Å². The Morgan fingerprint density at radius 3 is 1.56 bits per heavy atom. The molecule has 0 aromatic heterocycles. The molecule has 2 nitrogen and oxygen atoms in total. The zero-order valence-corrected chi connectivity index (χ0v) is 6.35. The summed E-state index contributed by atoms with van der Waals surface area (Å²) < 4.78 is 22.1. The molecule has 0 aromatic carbocycles. The van der Waals surface area contributed by atoms with E-state index < -0.39 is 9.84 Å². The summed E-state index contributed by atoms with van der Waals surface area (Å²) in [7, 11) is -2.81. The number of hydrogen-bond acceptors (Lipinski definition) is 2. The molecule has 0 amide bonds. The standard InChI is InChI=1S/C6H10O2S/c1-5-3-4-6(2)9(5,7)8/h3-6H,1-2H3/t5-,6-/m0/s1. The highest BCUT2D eigenvalue weighted by atomic mass is 32.2. The number of sulfone groups is 1. The van der Waals surface area contributed by atoms with Crippen LogP contribution in [0.15, 0.2) is 12.2 Å². The van der Waals surface area contributed by atoms with E-state index in [9.17, 15) is 8.42 Å². The van der Waals surface area contributed by atoms with Crippen LogP contribution in [0.2, 0.25) is 0 Å². The summed E-state index contributed by atoms with van der Waals surface area (Å²) in [4.78, 5) is 0. The largest absolute Gasteiger partial charge is 0.228 e. The molecule has 1 heterocycles. The lowest BCUT2D eigenvalue weighted by Gasteiger charge is -2.03. The van der Waals surface area contributed by atoms with Crippen LogP contribution in [0.5, 0.6) is 0 Å². The van der Waals surface area contributed by atoms with Gasteiger partial charge in [0.15, 0.2) is 9.84 Å². The van der Waals surface area contributed by atoms with Crippen LogP contribution in [0, 0.1) is 0 Å². The van der Waals surface area contributed by atoms with E-state index in [-0.39, 0.29) is 10.5 Å². The third-order valence-corrected chi connectivity index (χ3v) is 4.08. The summed E-state index contributed by atoms with van der Waals surface area (Å²) in [5.41, 5.74) is 0. The predicted octanol–water partition coefficient (Wildman–Crippen LogP) is 0.748. The van der Waals surface area contributed by atoms with E-state index in [1.54, 1.807) is 26.0 Å². The van der Waals surface area contributed by atoms with Crippen molar-refractivity contribution in [1.29, 1.82) is 0 Å². The molecular weight excluding hydrogens is 136 g/mol. The van der Waals surface area contributed by atoms with Crippen LogP contribution in [-0.2, 0) is 9.84 Å². The molecule has 52 valence electrons. The molecule has 0 unspecified atom stereocenters. The fourth-order valence-corrected chi connectivity index (χ4v) is 2.17. The van der Waals surface area contributed by atoms with Gasteiger partial charge in [0.2, 0.25) is 0 Å². The predicted molar refractivity (Wildman–Crippen MR) is 37.0 cm³/mol. The topological polar surface area (TPSA) is 34.1 Å². The Morgan fingerprint density at radius 2 is 1.44 bits per heavy atom. The fraction of sp³-hybridized carbons (Fsp3) is 0.667. The molecule has 0 spiro atoms. The highest BCUT2D eigenvalue weighted by molar-refractivity contribution is 7.93. The van der Waals surface area contributed by atoms with Gasteiger partial charge in [-0.3, -0.25) is 0 Å². The van der Waals surface area contributed by atoms with E-state index in [0.717, 1.165) is 0 Å². The SMILES string of the molecule is C[C@H]1C=C[C@H](C)S1(=O)=O. The van der Waals surface area contributed by atoms with Crippen molar-refractivity contribution < 1.29 is 8.42 Å². The van der Waals surface area contributed by atoms with Crippen molar-refractivity contribution in [3.8, 4) is 0 Å². The highest BCUT2D eigenvalue weighted by Crippen LogP contribution is 2.18. The average Bonchev–Trinajstić information content (AvgIpc) is 1.96. The van der Waals surface area contributed by atoms with Gasteiger partial charge in [0.25, 0.3) is 0 Å². The molecular formula is C6H10O2S. The monoisotopic (exact) mass is 146 g/mol. The van der Waals surface area contributed by atoms with E-state index >= 15 is 0 Å². The summed E-state index contributed by atoms with van der Waals surface area (Å²) in [6.45, 7) is 3.41. The van der Waals surface area contributed by atoms with Gasteiger partial charge in [0.1, 0.15) is 0 Å². The lowest BCUT2D eigenvalue weighted by molar-refractivity contribution is 0.590. The molecule has 1 rings (SSSR count). The summed E-state index contributed by atoms with van der Waals surface area (Å²) in [6, 6.07) is 0. The Hall–Kier alpha value is -0.310. The van der Waals surface area contributed by atoms with Gasteiger partial charge in [-0.05, 0) is 13.8 Å². The Bertz CT molecular complexity index is 207. The van der Waals surface area contributed by atoms with Crippen LogP contribution in [0.1, 0.15) is 13.8 Å². The average molecular weight is 146 g/mol. The Kier molecular flexibility index (Phi) is 1.39. The van der Waals surface area contributed by atoms with Crippen molar-refractivity contribution in [2.75, 3.05) is 0 Å². The second kappa shape index (κ2) is 1.84. The molecule has 0 bridgehead atoms. The quantitative estimate of drug-likeness (QED) is 0.472. The first-order chi connectivity index (χ1) is 4.05. The molecule has 0 aliphatic carbocycles. The third kappa shape index (κ3) is 0.894. The molecule has 1 aliphatic rings. The second-order valence-electron chi connectivity index (χ2n) is 2.38. The minimum absolute atomic E-state index is 0.271. The zero-order valence-electron chi connectivity index (χ0n) is 5.53. The van der Waals surface area contributed by atoms with Gasteiger partial charge in [0, 0.05) is 0 Å². The molecule has 9 heavy (non-hydrogen) atoms. The minimum Gasteiger partial charge on any atom is -0.228 e. The van der Waals surface area contributed by atoms with E-state index in [1.165, 1.54) is 0 Å². The fourth-order valence-electron chi connectivity index (χ4n) is 0.871. The second-order valence-corrected chi connectivity index (χ2v) is 5.05. The third-order valence-electron chi connectivity index (χ3n) is 1.69. The summed E-state index contributed by atoms with van der Waals surface area (Å²) in [5, 5.41) is -0.542. The van der Waals surface area contributed by atoms with Gasteiger partial charge >= 0.3 is 0 Å². The molecule has 2 atom stereocenters. The van der Waals surface area contributed by atoms with Crippen LogP contribution < -0.4 is 0 Å². The van der Waals surface area contributed by atoms with E-state index in [0.29, 0.717) is 0 Å². The van der Waals surface area contributed by atoms with Crippen LogP contribution in [-0.4, -0.2) is 18.9 Å². The molecule has 0 fully saturated rings. The molecule has 3 heteroatoms. The Labute approximate surface area is 55.5 Å². The first-order valence-corrected chi connectivity index (χ1v) is 4.57. The normalized spacial score (nSPS) is 39.3. The van der Waals surface area contributed by atoms with Crippen molar-refractivity contribution in [1.82, 2.24) is 0 Å². The van der Waals surface area contributed by atoms with Crippen LogP contribution in [0.25, 0.3) is 0 Å². The van der Waals surface area contributed by atoms with E-state index in [2.05, 4.69) is 0 Å². The Balaban J connectivity index is 3.04. The summed E-state index contributed by atoms with van der Waals surface area (Å²) >= 11 is 0. The van der Waals surface area contributed by atoms with Gasteiger partial charge in [-0.1, -0.05) is 12.2 Å². The molecule has 0 N–H and O–H groups in total. The maximum atomic E-state index is 11.0. The molecule has 0 radical (unpaired) electrons. The summed E-state index contributed by atoms with van der Waals surface area (Å²) in [5.74, 6) is 0. The van der Waals surface area contributed by atoms with Crippen LogP contribution >= 0.6 is 0 Å². The Morgan fingerprint density at radius 1 is 1.11 bits per heavy atom. The van der Waals surface area contributed by atoms with Gasteiger partial charge in [0.05, 0.1) is 10.5 Å². The van der Waals surface area contributed by atoms with Gasteiger partial charge < -0.3 is 0 Å². The maximum absolute atomic E-state index is 11.0. The smallest absolute Gasteiger partial charge is 0.162 e. The van der Waals surface area contributed by atoms with Gasteiger partial charge in [-0.25, -0.2) is 8.42 Å². The van der Waals surface area contributed by atoms with Crippen molar-refractivity contribution in [3.63, 3.8) is 0 Å². The van der Waals surface area contributed by atoms with Gasteiger partial charge in [-0.2, -0.15) is 0 Å². The molecule has 1 aliphatic heterocycles. The number of hydrogen-bond donors (Lipinski definition) is 0. The van der Waals surface area contributed by atoms with Crippen LogP contribution in [0.3, 0.4) is 0 Å². The highest BCUT2D eigenvalue weighted by Gasteiger charge is 2.28. The van der Waals surface area contributed by atoms with Crippen molar-refractivity contribution in [3.05, 3.63) is 12.2 Å². The molecule has 0 saturated heterocycles. The first kappa shape index (κ1) is 6.81. The lowest BCUT2D eigenvalue weighted by atomic mass is 10.4. The van der Waals surface area contributed by atoms with Crippen molar-refractivity contribution in [2.45, 2.75) is 24.3 Å². The van der Waals surface area contributed by atoms with E-state index in [1.807, 2.05) is 0 Å². The van der Waals surface area contributed by atoms with Gasteiger partial charge in [-0.15, -0.1) is 0 Å². The lowest BCUT2D eigenvalue weighted by Crippen LogP contribution is -2.18.